The van der Waals surface area contributed by atoms with Crippen molar-refractivity contribution in [1.29, 1.82) is 0 Å². The van der Waals surface area contributed by atoms with Crippen LogP contribution in [0.2, 0.25) is 0 Å². The highest BCUT2D eigenvalue weighted by molar-refractivity contribution is 6.18. The van der Waals surface area contributed by atoms with Gasteiger partial charge in [0.1, 0.15) is 0 Å². The van der Waals surface area contributed by atoms with Crippen molar-refractivity contribution in [3.63, 3.8) is 0 Å². The van der Waals surface area contributed by atoms with Crippen molar-refractivity contribution in [3.8, 4) is 0 Å². The maximum Gasteiger partial charge on any atom is 0.0261 e. The van der Waals surface area contributed by atoms with Gasteiger partial charge in [0, 0.05) is 25.0 Å². The summed E-state index contributed by atoms with van der Waals surface area (Å²) in [5, 5.41) is 0. The lowest BCUT2D eigenvalue weighted by Crippen LogP contribution is -2.36. The van der Waals surface area contributed by atoms with Crippen LogP contribution in [0.3, 0.4) is 0 Å². The van der Waals surface area contributed by atoms with Crippen LogP contribution < -0.4 is 0 Å². The molecule has 0 N–H and O–H groups in total. The second-order valence-corrected chi connectivity index (χ2v) is 5.51. The maximum atomic E-state index is 5.86. The van der Waals surface area contributed by atoms with Crippen LogP contribution in [0.25, 0.3) is 0 Å². The van der Waals surface area contributed by atoms with Gasteiger partial charge in [-0.2, -0.15) is 0 Å². The van der Waals surface area contributed by atoms with Crippen molar-refractivity contribution in [2.75, 3.05) is 38.6 Å². The second kappa shape index (κ2) is 5.51. The molecule has 2 unspecified atom stereocenters. The minimum Gasteiger partial charge on any atom is -0.301 e. The molecule has 0 aromatic carbocycles. The van der Waals surface area contributed by atoms with E-state index in [-0.39, 0.29) is 0 Å². The van der Waals surface area contributed by atoms with E-state index in [1.807, 2.05) is 0 Å². The van der Waals surface area contributed by atoms with Gasteiger partial charge >= 0.3 is 0 Å². The Morgan fingerprint density at radius 1 is 1.27 bits per heavy atom. The lowest BCUT2D eigenvalue weighted by atomic mass is 10.2. The summed E-state index contributed by atoms with van der Waals surface area (Å²) in [6.45, 7) is 8.67. The van der Waals surface area contributed by atoms with Crippen LogP contribution in [0, 0.1) is 5.92 Å². The van der Waals surface area contributed by atoms with Gasteiger partial charge in [0.2, 0.25) is 0 Å². The number of hydrogen-bond acceptors (Lipinski definition) is 2. The molecule has 3 heteroatoms. The third-order valence-electron chi connectivity index (χ3n) is 3.74. The van der Waals surface area contributed by atoms with E-state index in [4.69, 9.17) is 11.6 Å². The van der Waals surface area contributed by atoms with Gasteiger partial charge in [0.15, 0.2) is 0 Å². The van der Waals surface area contributed by atoms with Crippen molar-refractivity contribution in [2.45, 2.75) is 32.2 Å². The van der Waals surface area contributed by atoms with Crippen LogP contribution in [0.1, 0.15) is 26.2 Å². The zero-order valence-corrected chi connectivity index (χ0v) is 10.5. The van der Waals surface area contributed by atoms with E-state index in [0.717, 1.165) is 11.9 Å². The fourth-order valence-electron chi connectivity index (χ4n) is 2.87. The lowest BCUT2D eigenvalue weighted by molar-refractivity contribution is 0.224. The fraction of sp³-hybridized carbons (Fsp3) is 1.00. The smallest absolute Gasteiger partial charge is 0.0261 e. The van der Waals surface area contributed by atoms with E-state index >= 15 is 0 Å². The summed E-state index contributed by atoms with van der Waals surface area (Å²) >= 11 is 5.86. The summed E-state index contributed by atoms with van der Waals surface area (Å²) in [5.41, 5.74) is 0. The molecule has 2 heterocycles. The van der Waals surface area contributed by atoms with E-state index in [2.05, 4.69) is 16.7 Å². The first-order valence-electron chi connectivity index (χ1n) is 6.32. The molecule has 15 heavy (non-hydrogen) atoms. The standard InChI is InChI=1S/C12H23ClN2/c1-11(8-13)9-14-7-4-12(10-14)15-5-2-3-6-15/h11-12H,2-10H2,1H3. The van der Waals surface area contributed by atoms with Gasteiger partial charge in [-0.05, 0) is 44.8 Å². The van der Waals surface area contributed by atoms with Crippen molar-refractivity contribution in [3.05, 3.63) is 0 Å². The topological polar surface area (TPSA) is 6.48 Å². The predicted molar refractivity (Wildman–Crippen MR) is 65.5 cm³/mol. The molecule has 2 saturated heterocycles. The van der Waals surface area contributed by atoms with E-state index in [0.29, 0.717) is 5.92 Å². The highest BCUT2D eigenvalue weighted by atomic mass is 35.5. The predicted octanol–water partition coefficient (Wildman–Crippen LogP) is 2.03. The van der Waals surface area contributed by atoms with Gasteiger partial charge in [-0.25, -0.2) is 0 Å². The average Bonchev–Trinajstić information content (AvgIpc) is 2.85. The van der Waals surface area contributed by atoms with Crippen LogP contribution in [-0.4, -0.2) is 54.4 Å². The first-order chi connectivity index (χ1) is 7.29. The molecule has 0 aromatic heterocycles. The number of hydrogen-bond donors (Lipinski definition) is 0. The highest BCUT2D eigenvalue weighted by Gasteiger charge is 2.29. The molecular weight excluding hydrogens is 208 g/mol. The summed E-state index contributed by atoms with van der Waals surface area (Å²) < 4.78 is 0. The first kappa shape index (κ1) is 11.7. The van der Waals surface area contributed by atoms with Gasteiger partial charge in [-0.15, -0.1) is 11.6 Å². The molecular formula is C12H23ClN2. The molecule has 0 aliphatic carbocycles. The normalized spacial score (nSPS) is 31.2. The fourth-order valence-corrected chi connectivity index (χ4v) is 2.97. The molecule has 2 fully saturated rings. The van der Waals surface area contributed by atoms with Crippen molar-refractivity contribution in [1.82, 2.24) is 9.80 Å². The van der Waals surface area contributed by atoms with E-state index in [1.54, 1.807) is 0 Å². The van der Waals surface area contributed by atoms with Gasteiger partial charge in [-0.1, -0.05) is 6.92 Å². The largest absolute Gasteiger partial charge is 0.301 e. The third-order valence-corrected chi connectivity index (χ3v) is 4.26. The maximum absolute atomic E-state index is 5.86. The zero-order valence-electron chi connectivity index (χ0n) is 9.79. The molecule has 0 aromatic rings. The molecule has 88 valence electrons. The van der Waals surface area contributed by atoms with E-state index in [1.165, 1.54) is 52.0 Å². The molecule has 0 spiro atoms. The Balaban J connectivity index is 1.74. The molecule has 2 rings (SSSR count). The molecule has 0 radical (unpaired) electrons. The van der Waals surface area contributed by atoms with Crippen molar-refractivity contribution >= 4 is 11.6 Å². The molecule has 2 aliphatic rings. The quantitative estimate of drug-likeness (QED) is 0.682. The second-order valence-electron chi connectivity index (χ2n) is 5.20. The summed E-state index contributed by atoms with van der Waals surface area (Å²) in [6.07, 6.45) is 4.19. The summed E-state index contributed by atoms with van der Waals surface area (Å²) in [4.78, 5) is 5.28. The SMILES string of the molecule is CC(CCl)CN1CCC(N2CCCC2)C1. The molecule has 2 nitrogen and oxygen atoms in total. The Morgan fingerprint density at radius 2 is 2.00 bits per heavy atom. The zero-order chi connectivity index (χ0) is 10.7. The van der Waals surface area contributed by atoms with Crippen LogP contribution in [-0.2, 0) is 0 Å². The lowest BCUT2D eigenvalue weighted by Gasteiger charge is -2.24. The Bertz CT molecular complexity index is 192. The first-order valence-corrected chi connectivity index (χ1v) is 6.85. The summed E-state index contributed by atoms with van der Waals surface area (Å²) in [5.74, 6) is 1.44. The number of alkyl halides is 1. The van der Waals surface area contributed by atoms with E-state index < -0.39 is 0 Å². The monoisotopic (exact) mass is 230 g/mol. The number of halogens is 1. The number of likely N-dealkylation sites (tertiary alicyclic amines) is 2. The third kappa shape index (κ3) is 3.08. The Morgan fingerprint density at radius 3 is 2.67 bits per heavy atom. The Hall–Kier alpha value is 0.210. The molecule has 0 bridgehead atoms. The van der Waals surface area contributed by atoms with Crippen molar-refractivity contribution in [2.24, 2.45) is 5.92 Å². The molecule has 0 saturated carbocycles. The van der Waals surface area contributed by atoms with Gasteiger partial charge in [-0.3, -0.25) is 4.90 Å². The van der Waals surface area contributed by atoms with Gasteiger partial charge in [0.05, 0.1) is 0 Å². The van der Waals surface area contributed by atoms with Crippen LogP contribution in [0.15, 0.2) is 0 Å². The highest BCUT2D eigenvalue weighted by Crippen LogP contribution is 2.21. The minimum absolute atomic E-state index is 0.643. The summed E-state index contributed by atoms with van der Waals surface area (Å²) in [7, 11) is 0. The van der Waals surface area contributed by atoms with Gasteiger partial charge in [0.25, 0.3) is 0 Å². The molecule has 0 amide bonds. The molecule has 2 atom stereocenters. The summed E-state index contributed by atoms with van der Waals surface area (Å²) in [6, 6.07) is 0.843. The Labute approximate surface area is 98.6 Å². The number of rotatable bonds is 4. The number of nitrogens with zero attached hydrogens (tertiary/aromatic N) is 2. The molecule has 2 aliphatic heterocycles. The van der Waals surface area contributed by atoms with Gasteiger partial charge < -0.3 is 4.90 Å². The van der Waals surface area contributed by atoms with Crippen molar-refractivity contribution < 1.29 is 0 Å². The van der Waals surface area contributed by atoms with Crippen LogP contribution in [0.4, 0.5) is 0 Å². The van der Waals surface area contributed by atoms with E-state index in [9.17, 15) is 0 Å². The average molecular weight is 231 g/mol. The van der Waals surface area contributed by atoms with Crippen LogP contribution >= 0.6 is 11.6 Å². The van der Waals surface area contributed by atoms with Crippen LogP contribution in [0.5, 0.6) is 0 Å². The Kier molecular flexibility index (Phi) is 4.30. The minimum atomic E-state index is 0.643.